The molecule has 0 radical (unpaired) electrons. The van der Waals surface area contributed by atoms with Crippen LogP contribution in [0, 0.1) is 0 Å². The predicted molar refractivity (Wildman–Crippen MR) is 357 cm³/mol. The molecule has 0 heterocycles. The monoisotopic (exact) mass is 1130 g/mol. The van der Waals surface area contributed by atoms with Crippen molar-refractivity contribution < 1.29 is 28.6 Å². The molecule has 82 heavy (non-hydrogen) atoms. The Morgan fingerprint density at radius 1 is 0.256 bits per heavy atom. The SMILES string of the molecule is CC/C=C\C/C=C\C/C=C\C/C=C\C/C=C\C/C=C\C/C=C\C/C=C\C/C=C\C/C=C\CCCCCCC(=O)OCC(COC(=O)CCCCCCCC)OC(=O)CCCCCCCCC/C=C\C/C=C\C/C=C\C/C=C\C/C=C\CC. The molecule has 0 aliphatic heterocycles. The number of esters is 3. The smallest absolute Gasteiger partial charge is 0.306 e. The lowest BCUT2D eigenvalue weighted by molar-refractivity contribution is -0.167. The number of carbonyl (C=O) groups is 3. The van der Waals surface area contributed by atoms with Gasteiger partial charge in [-0.2, -0.15) is 0 Å². The lowest BCUT2D eigenvalue weighted by Gasteiger charge is -2.18. The zero-order chi connectivity index (χ0) is 59.2. The average molecular weight is 1130 g/mol. The van der Waals surface area contributed by atoms with E-state index in [2.05, 4.69) is 203 Å². The van der Waals surface area contributed by atoms with E-state index in [0.717, 1.165) is 180 Å². The van der Waals surface area contributed by atoms with Crippen LogP contribution in [0.15, 0.2) is 182 Å². The van der Waals surface area contributed by atoms with Crippen molar-refractivity contribution in [1.82, 2.24) is 0 Å². The third-order valence-electron chi connectivity index (χ3n) is 13.2. The highest BCUT2D eigenvalue weighted by Crippen LogP contribution is 2.14. The normalized spacial score (nSPS) is 13.4. The molecule has 0 amide bonds. The number of ether oxygens (including phenoxy) is 3. The van der Waals surface area contributed by atoms with E-state index in [1.807, 2.05) is 0 Å². The van der Waals surface area contributed by atoms with Gasteiger partial charge < -0.3 is 14.2 Å². The summed E-state index contributed by atoms with van der Waals surface area (Å²) >= 11 is 0. The maximum Gasteiger partial charge on any atom is 0.306 e. The van der Waals surface area contributed by atoms with Gasteiger partial charge in [-0.05, 0) is 141 Å². The Kier molecular flexibility index (Phi) is 63.5. The summed E-state index contributed by atoms with van der Waals surface area (Å²) in [7, 11) is 0. The van der Waals surface area contributed by atoms with Crippen LogP contribution in [-0.2, 0) is 28.6 Å². The maximum atomic E-state index is 12.8. The van der Waals surface area contributed by atoms with Gasteiger partial charge in [0.1, 0.15) is 13.2 Å². The Morgan fingerprint density at radius 2 is 0.476 bits per heavy atom. The molecule has 0 fully saturated rings. The van der Waals surface area contributed by atoms with Gasteiger partial charge >= 0.3 is 17.9 Å². The van der Waals surface area contributed by atoms with Gasteiger partial charge in [0, 0.05) is 19.3 Å². The molecule has 0 aromatic heterocycles. The number of hydrogen-bond donors (Lipinski definition) is 0. The van der Waals surface area contributed by atoms with Crippen molar-refractivity contribution in [2.75, 3.05) is 13.2 Å². The minimum Gasteiger partial charge on any atom is -0.462 e. The van der Waals surface area contributed by atoms with Crippen molar-refractivity contribution >= 4 is 17.9 Å². The van der Waals surface area contributed by atoms with Crippen LogP contribution in [0.1, 0.15) is 258 Å². The van der Waals surface area contributed by atoms with Crippen molar-refractivity contribution in [3.8, 4) is 0 Å². The Labute approximate surface area is 504 Å². The highest BCUT2D eigenvalue weighted by atomic mass is 16.6. The summed E-state index contributed by atoms with van der Waals surface area (Å²) < 4.78 is 16.8. The van der Waals surface area contributed by atoms with Gasteiger partial charge in [-0.25, -0.2) is 0 Å². The summed E-state index contributed by atoms with van der Waals surface area (Å²) in [6.07, 6.45) is 102. The summed E-state index contributed by atoms with van der Waals surface area (Å²) in [4.78, 5) is 38.0. The molecule has 0 saturated carbocycles. The average Bonchev–Trinajstić information content (AvgIpc) is 3.47. The Hall–Kier alpha value is -5.49. The van der Waals surface area contributed by atoms with E-state index in [9.17, 15) is 14.4 Å². The lowest BCUT2D eigenvalue weighted by Crippen LogP contribution is -2.30. The highest BCUT2D eigenvalue weighted by Gasteiger charge is 2.19. The fourth-order valence-electron chi connectivity index (χ4n) is 8.32. The first-order valence-corrected chi connectivity index (χ1v) is 32.8. The van der Waals surface area contributed by atoms with Crippen LogP contribution in [0.4, 0.5) is 0 Å². The number of unbranched alkanes of at least 4 members (excludes halogenated alkanes) is 16. The van der Waals surface area contributed by atoms with E-state index in [4.69, 9.17) is 14.2 Å². The first kappa shape index (κ1) is 76.5. The molecular formula is C76H118O6. The second-order valence-corrected chi connectivity index (χ2v) is 20.9. The second-order valence-electron chi connectivity index (χ2n) is 20.9. The molecule has 6 nitrogen and oxygen atoms in total. The topological polar surface area (TPSA) is 78.9 Å². The molecule has 0 aliphatic carbocycles. The molecule has 1 unspecified atom stereocenters. The summed E-state index contributed by atoms with van der Waals surface area (Å²) in [5, 5.41) is 0. The van der Waals surface area contributed by atoms with Crippen molar-refractivity contribution in [2.45, 2.75) is 264 Å². The van der Waals surface area contributed by atoms with Crippen LogP contribution < -0.4 is 0 Å². The largest absolute Gasteiger partial charge is 0.462 e. The van der Waals surface area contributed by atoms with Gasteiger partial charge in [0.15, 0.2) is 6.10 Å². The van der Waals surface area contributed by atoms with E-state index in [1.165, 1.54) is 38.5 Å². The van der Waals surface area contributed by atoms with Crippen LogP contribution in [0.25, 0.3) is 0 Å². The summed E-state index contributed by atoms with van der Waals surface area (Å²) in [6, 6.07) is 0. The first-order valence-electron chi connectivity index (χ1n) is 32.8. The molecule has 0 N–H and O–H groups in total. The maximum absolute atomic E-state index is 12.8. The number of carbonyl (C=O) groups excluding carboxylic acids is 3. The van der Waals surface area contributed by atoms with E-state index in [-0.39, 0.29) is 31.1 Å². The third-order valence-corrected chi connectivity index (χ3v) is 13.2. The molecule has 0 aliphatic rings. The highest BCUT2D eigenvalue weighted by molar-refractivity contribution is 5.71. The fraction of sp³-hybridized carbons (Fsp3) is 0.566. The van der Waals surface area contributed by atoms with Gasteiger partial charge in [0.05, 0.1) is 0 Å². The van der Waals surface area contributed by atoms with Crippen molar-refractivity contribution in [1.29, 1.82) is 0 Å². The van der Waals surface area contributed by atoms with Crippen molar-refractivity contribution in [3.05, 3.63) is 182 Å². The summed E-state index contributed by atoms with van der Waals surface area (Å²) in [6.45, 7) is 6.31. The van der Waals surface area contributed by atoms with E-state index in [0.29, 0.717) is 19.3 Å². The van der Waals surface area contributed by atoms with Crippen LogP contribution in [0.3, 0.4) is 0 Å². The molecule has 6 heteroatoms. The molecule has 458 valence electrons. The quantitative estimate of drug-likeness (QED) is 0.0261. The summed E-state index contributed by atoms with van der Waals surface area (Å²) in [5.74, 6) is -0.953. The molecule has 0 saturated heterocycles. The van der Waals surface area contributed by atoms with E-state index >= 15 is 0 Å². The first-order chi connectivity index (χ1) is 40.5. The van der Waals surface area contributed by atoms with Gasteiger partial charge in [-0.3, -0.25) is 14.4 Å². The van der Waals surface area contributed by atoms with E-state index in [1.54, 1.807) is 0 Å². The van der Waals surface area contributed by atoms with Crippen LogP contribution >= 0.6 is 0 Å². The molecule has 0 spiro atoms. The zero-order valence-electron chi connectivity index (χ0n) is 52.4. The van der Waals surface area contributed by atoms with Crippen molar-refractivity contribution in [3.63, 3.8) is 0 Å². The fourth-order valence-corrected chi connectivity index (χ4v) is 8.32. The summed E-state index contributed by atoms with van der Waals surface area (Å²) in [5.41, 5.74) is 0. The Morgan fingerprint density at radius 3 is 0.744 bits per heavy atom. The molecule has 0 aromatic rings. The minimum absolute atomic E-state index is 0.0984. The van der Waals surface area contributed by atoms with Gasteiger partial charge in [-0.1, -0.05) is 280 Å². The molecule has 0 bridgehead atoms. The zero-order valence-corrected chi connectivity index (χ0v) is 52.4. The van der Waals surface area contributed by atoms with Gasteiger partial charge in [-0.15, -0.1) is 0 Å². The molecule has 1 atom stereocenters. The number of hydrogen-bond acceptors (Lipinski definition) is 6. The minimum atomic E-state index is -0.802. The lowest BCUT2D eigenvalue weighted by atomic mass is 10.1. The number of rotatable bonds is 57. The molecule has 0 aromatic carbocycles. The molecule has 0 rings (SSSR count). The number of allylic oxidation sites excluding steroid dienone is 30. The Balaban J connectivity index is 4.21. The van der Waals surface area contributed by atoms with Gasteiger partial charge in [0.25, 0.3) is 0 Å². The predicted octanol–water partition coefficient (Wildman–Crippen LogP) is 22.8. The third kappa shape index (κ3) is 65.3. The molecular weight excluding hydrogens is 1010 g/mol. The van der Waals surface area contributed by atoms with Crippen LogP contribution in [0.2, 0.25) is 0 Å². The van der Waals surface area contributed by atoms with Crippen LogP contribution in [-0.4, -0.2) is 37.2 Å². The van der Waals surface area contributed by atoms with Gasteiger partial charge in [0.2, 0.25) is 0 Å². The second kappa shape index (κ2) is 68.0. The van der Waals surface area contributed by atoms with Crippen LogP contribution in [0.5, 0.6) is 0 Å². The standard InChI is InChI=1S/C76H118O6/c1-4-7-10-13-16-18-20-22-24-26-28-30-32-33-34-35-36-37-38-39-40-41-42-43-45-46-48-50-52-54-56-58-60-63-66-69-75(78)81-72-73(71-80-74(77)68-65-62-15-12-9-6-3)82-76(79)70-67-64-61-59-57-55-53-51-49-47-44-31-29-27-25-23-21-19-17-14-11-8-5-2/h7-8,10-11,16-19,22-25,28-31,33-34,36-37,39-40,42-43,46-49,52,54,73H,4-6,9,12-15,20-21,26-27,32,35,38,41,44-45,50-51,53,55-72H2,1-3H3/b10-7-,11-8-,18-16-,19-17-,24-22-,25-23-,30-28-,31-29-,34-33-,37-36-,40-39-,43-42-,48-46-,49-47-,54-52-. The van der Waals surface area contributed by atoms with E-state index < -0.39 is 6.10 Å². The van der Waals surface area contributed by atoms with Crippen molar-refractivity contribution in [2.24, 2.45) is 0 Å². The Bertz CT molecular complexity index is 1920.